The predicted octanol–water partition coefficient (Wildman–Crippen LogP) is 2.43. The summed E-state index contributed by atoms with van der Waals surface area (Å²) in [7, 11) is 0. The number of rotatable bonds is 5. The zero-order valence-corrected chi connectivity index (χ0v) is 10.6. The van der Waals surface area contributed by atoms with Crippen molar-refractivity contribution in [2.75, 3.05) is 0 Å². The van der Waals surface area contributed by atoms with Crippen molar-refractivity contribution in [2.45, 2.75) is 39.2 Å². The molecule has 0 bridgehead atoms. The van der Waals surface area contributed by atoms with Gasteiger partial charge in [0, 0.05) is 5.92 Å². The number of benzene rings is 1. The van der Waals surface area contributed by atoms with E-state index >= 15 is 0 Å². The third-order valence-electron chi connectivity index (χ3n) is 2.88. The fourth-order valence-electron chi connectivity index (χ4n) is 1.82. The fourth-order valence-corrected chi connectivity index (χ4v) is 1.82. The zero-order valence-electron chi connectivity index (χ0n) is 10.6. The molecule has 1 aromatic rings. The number of carboxylic acids is 1. The van der Waals surface area contributed by atoms with Gasteiger partial charge in [-0.3, -0.25) is 0 Å². The molecule has 0 aliphatic rings. The quantitative estimate of drug-likeness (QED) is 0.825. The highest BCUT2D eigenvalue weighted by atomic mass is 16.4. The first kappa shape index (κ1) is 13.7. The van der Waals surface area contributed by atoms with Crippen LogP contribution >= 0.6 is 0 Å². The van der Waals surface area contributed by atoms with Gasteiger partial charge in [-0.05, 0) is 23.5 Å². The molecule has 0 aromatic heterocycles. The van der Waals surface area contributed by atoms with Gasteiger partial charge in [0.2, 0.25) is 0 Å². The summed E-state index contributed by atoms with van der Waals surface area (Å²) in [5.41, 5.74) is 2.09. The molecule has 3 nitrogen and oxygen atoms in total. The van der Waals surface area contributed by atoms with Gasteiger partial charge in [0.15, 0.2) is 6.10 Å². The summed E-state index contributed by atoms with van der Waals surface area (Å²) in [6.45, 7) is 6.03. The van der Waals surface area contributed by atoms with Crippen LogP contribution in [-0.4, -0.2) is 22.3 Å². The van der Waals surface area contributed by atoms with Crippen LogP contribution in [0, 0.1) is 5.92 Å². The van der Waals surface area contributed by atoms with Crippen LogP contribution in [0.2, 0.25) is 0 Å². The molecule has 0 aliphatic heterocycles. The molecule has 2 atom stereocenters. The van der Waals surface area contributed by atoms with Crippen molar-refractivity contribution in [1.29, 1.82) is 0 Å². The second-order valence-corrected chi connectivity index (χ2v) is 4.91. The van der Waals surface area contributed by atoms with E-state index in [1.807, 2.05) is 24.3 Å². The maximum atomic E-state index is 10.7. The van der Waals surface area contributed by atoms with Crippen LogP contribution in [0.3, 0.4) is 0 Å². The largest absolute Gasteiger partial charge is 0.479 e. The summed E-state index contributed by atoms with van der Waals surface area (Å²) in [5, 5.41) is 18.2. The first-order chi connectivity index (χ1) is 7.91. The number of hydrogen-bond donors (Lipinski definition) is 2. The molecule has 0 spiro atoms. The van der Waals surface area contributed by atoms with Crippen molar-refractivity contribution in [3.63, 3.8) is 0 Å². The van der Waals surface area contributed by atoms with Gasteiger partial charge in [-0.2, -0.15) is 0 Å². The molecule has 17 heavy (non-hydrogen) atoms. The maximum Gasteiger partial charge on any atom is 0.333 e. The van der Waals surface area contributed by atoms with E-state index in [-0.39, 0.29) is 5.92 Å². The Labute approximate surface area is 102 Å². The van der Waals surface area contributed by atoms with Crippen LogP contribution < -0.4 is 0 Å². The van der Waals surface area contributed by atoms with Crippen molar-refractivity contribution in [2.24, 2.45) is 5.92 Å². The van der Waals surface area contributed by atoms with E-state index in [0.29, 0.717) is 5.92 Å². The molecule has 1 aromatic carbocycles. The third-order valence-corrected chi connectivity index (χ3v) is 2.88. The third kappa shape index (κ3) is 3.86. The molecule has 0 fully saturated rings. The van der Waals surface area contributed by atoms with E-state index in [1.165, 1.54) is 5.56 Å². The Morgan fingerprint density at radius 2 is 1.71 bits per heavy atom. The van der Waals surface area contributed by atoms with Crippen molar-refractivity contribution < 1.29 is 15.0 Å². The number of carbonyl (C=O) groups is 1. The van der Waals surface area contributed by atoms with E-state index < -0.39 is 12.1 Å². The number of aliphatic hydroxyl groups is 1. The minimum absolute atomic E-state index is 0.388. The molecule has 3 heteroatoms. The van der Waals surface area contributed by atoms with Gasteiger partial charge in [-0.15, -0.1) is 0 Å². The normalized spacial score (nSPS) is 14.6. The lowest BCUT2D eigenvalue weighted by atomic mass is 9.93. The lowest BCUT2D eigenvalue weighted by Gasteiger charge is -2.16. The second-order valence-electron chi connectivity index (χ2n) is 4.91. The van der Waals surface area contributed by atoms with Gasteiger partial charge in [0.05, 0.1) is 0 Å². The number of aliphatic carboxylic acids is 1. The van der Waals surface area contributed by atoms with Gasteiger partial charge in [-0.25, -0.2) is 4.79 Å². The molecule has 0 amide bonds. The minimum Gasteiger partial charge on any atom is -0.479 e. The summed E-state index contributed by atoms with van der Waals surface area (Å²) in [5.74, 6) is -0.966. The van der Waals surface area contributed by atoms with Crippen molar-refractivity contribution in [3.8, 4) is 0 Å². The average molecular weight is 236 g/mol. The van der Waals surface area contributed by atoms with Crippen LogP contribution in [0.15, 0.2) is 24.3 Å². The fraction of sp³-hybridized carbons (Fsp3) is 0.500. The van der Waals surface area contributed by atoms with E-state index in [9.17, 15) is 9.90 Å². The number of aliphatic hydroxyl groups excluding tert-OH is 1. The smallest absolute Gasteiger partial charge is 0.333 e. The lowest BCUT2D eigenvalue weighted by Crippen LogP contribution is -2.25. The van der Waals surface area contributed by atoms with Crippen molar-refractivity contribution >= 4 is 5.97 Å². The highest BCUT2D eigenvalue weighted by molar-refractivity contribution is 5.73. The highest BCUT2D eigenvalue weighted by Crippen LogP contribution is 2.20. The van der Waals surface area contributed by atoms with Crippen molar-refractivity contribution in [1.82, 2.24) is 0 Å². The molecule has 1 rings (SSSR count). The van der Waals surface area contributed by atoms with Gasteiger partial charge in [0.1, 0.15) is 0 Å². The SMILES string of the molecule is CC(C)Cc1ccc(C(C)C(O)C(=O)O)cc1. The van der Waals surface area contributed by atoms with Crippen LogP contribution in [0.5, 0.6) is 0 Å². The van der Waals surface area contributed by atoms with E-state index in [4.69, 9.17) is 5.11 Å². The summed E-state index contributed by atoms with van der Waals surface area (Å²) >= 11 is 0. The summed E-state index contributed by atoms with van der Waals surface area (Å²) in [4.78, 5) is 10.7. The van der Waals surface area contributed by atoms with Gasteiger partial charge >= 0.3 is 5.97 Å². The summed E-state index contributed by atoms with van der Waals surface area (Å²) in [6, 6.07) is 7.80. The molecule has 94 valence electrons. The Morgan fingerprint density at radius 3 is 2.12 bits per heavy atom. The highest BCUT2D eigenvalue weighted by Gasteiger charge is 2.22. The van der Waals surface area contributed by atoms with Crippen molar-refractivity contribution in [3.05, 3.63) is 35.4 Å². The van der Waals surface area contributed by atoms with Crippen LogP contribution in [0.1, 0.15) is 37.8 Å². The topological polar surface area (TPSA) is 57.5 Å². The first-order valence-corrected chi connectivity index (χ1v) is 5.91. The monoisotopic (exact) mass is 236 g/mol. The van der Waals surface area contributed by atoms with Gasteiger partial charge in [0.25, 0.3) is 0 Å². The van der Waals surface area contributed by atoms with Crippen LogP contribution in [0.4, 0.5) is 0 Å². The molecular weight excluding hydrogens is 216 g/mol. The molecule has 0 saturated carbocycles. The Morgan fingerprint density at radius 1 is 1.18 bits per heavy atom. The molecule has 0 aliphatic carbocycles. The Hall–Kier alpha value is -1.35. The number of hydrogen-bond acceptors (Lipinski definition) is 2. The van der Waals surface area contributed by atoms with Gasteiger partial charge in [-0.1, -0.05) is 45.0 Å². The average Bonchev–Trinajstić information content (AvgIpc) is 2.27. The van der Waals surface area contributed by atoms with Crippen LogP contribution in [0.25, 0.3) is 0 Å². The first-order valence-electron chi connectivity index (χ1n) is 5.91. The molecule has 0 radical (unpaired) electrons. The van der Waals surface area contributed by atoms with Gasteiger partial charge < -0.3 is 10.2 Å². The lowest BCUT2D eigenvalue weighted by molar-refractivity contribution is -0.147. The Balaban J connectivity index is 2.76. The number of carboxylic acid groups (broad SMARTS) is 1. The summed E-state index contributed by atoms with van der Waals surface area (Å²) < 4.78 is 0. The standard InChI is InChI=1S/C14H20O3/c1-9(2)8-11-4-6-12(7-5-11)10(3)13(15)14(16)17/h4-7,9-10,13,15H,8H2,1-3H3,(H,16,17). The molecular formula is C14H20O3. The van der Waals surface area contributed by atoms with E-state index in [1.54, 1.807) is 6.92 Å². The zero-order chi connectivity index (χ0) is 13.0. The van der Waals surface area contributed by atoms with Crippen LogP contribution in [-0.2, 0) is 11.2 Å². The minimum atomic E-state index is -1.34. The Kier molecular flexibility index (Phi) is 4.70. The maximum absolute atomic E-state index is 10.7. The van der Waals surface area contributed by atoms with E-state index in [2.05, 4.69) is 13.8 Å². The van der Waals surface area contributed by atoms with E-state index in [0.717, 1.165) is 12.0 Å². The molecule has 0 saturated heterocycles. The summed E-state index contributed by atoms with van der Waals surface area (Å²) in [6.07, 6.45) is -0.332. The second kappa shape index (κ2) is 5.82. The molecule has 2 unspecified atom stereocenters. The molecule has 0 heterocycles. The Bertz CT molecular complexity index is 368. The predicted molar refractivity (Wildman–Crippen MR) is 67.0 cm³/mol. The molecule has 2 N–H and O–H groups in total.